The van der Waals surface area contributed by atoms with E-state index < -0.39 is 29.4 Å². The van der Waals surface area contributed by atoms with Crippen LogP contribution in [0.4, 0.5) is 15.4 Å². The van der Waals surface area contributed by atoms with E-state index in [1.807, 2.05) is 0 Å². The molecule has 3 rings (SSSR count). The van der Waals surface area contributed by atoms with Gasteiger partial charge in [0.1, 0.15) is 11.2 Å². The van der Waals surface area contributed by atoms with Crippen LogP contribution < -0.4 is 4.90 Å². The van der Waals surface area contributed by atoms with Crippen LogP contribution in [0.3, 0.4) is 0 Å². The van der Waals surface area contributed by atoms with Crippen molar-refractivity contribution in [1.82, 2.24) is 14.8 Å². The van der Waals surface area contributed by atoms with Crippen LogP contribution in [0, 0.1) is 6.92 Å². The van der Waals surface area contributed by atoms with Gasteiger partial charge < -0.3 is 14.2 Å². The van der Waals surface area contributed by atoms with Crippen molar-refractivity contribution in [2.75, 3.05) is 12.0 Å². The fourth-order valence-electron chi connectivity index (χ4n) is 3.43. The number of ether oxygens (including phenoxy) is 3. The van der Waals surface area contributed by atoms with E-state index in [0.717, 1.165) is 4.90 Å². The van der Waals surface area contributed by atoms with Crippen molar-refractivity contribution >= 4 is 45.8 Å². The smallest absolute Gasteiger partial charge is 0.425 e. The molecule has 0 saturated carbocycles. The minimum absolute atomic E-state index is 0.0179. The molecular weight excluding hydrogens is 440 g/mol. The van der Waals surface area contributed by atoms with Gasteiger partial charge in [0.15, 0.2) is 5.82 Å². The molecule has 0 aliphatic heterocycles. The van der Waals surface area contributed by atoms with Crippen LogP contribution in [0.25, 0.3) is 21.8 Å². The highest BCUT2D eigenvalue weighted by Gasteiger charge is 2.35. The number of nitrogens with zero attached hydrogens (tertiary/aromatic N) is 4. The minimum atomic E-state index is -0.929. The van der Waals surface area contributed by atoms with Gasteiger partial charge in [-0.25, -0.2) is 19.4 Å². The second-order valence-electron chi connectivity index (χ2n) is 9.94. The topological polar surface area (TPSA) is 113 Å². The molecule has 3 aromatic rings. The number of anilines is 1. The summed E-state index contributed by atoms with van der Waals surface area (Å²) in [6.07, 6.45) is -0.362. The Morgan fingerprint density at radius 3 is 2.00 bits per heavy atom. The molecule has 0 atom stereocenters. The molecule has 182 valence electrons. The van der Waals surface area contributed by atoms with Gasteiger partial charge in [0, 0.05) is 12.4 Å². The summed E-state index contributed by atoms with van der Waals surface area (Å²) in [7, 11) is 3.03. The van der Waals surface area contributed by atoms with E-state index >= 15 is 0 Å². The van der Waals surface area contributed by atoms with Gasteiger partial charge in [0.05, 0.1) is 35.3 Å². The Labute approximate surface area is 197 Å². The lowest BCUT2D eigenvalue weighted by molar-refractivity contribution is 0.0428. The van der Waals surface area contributed by atoms with E-state index in [1.54, 1.807) is 72.3 Å². The highest BCUT2D eigenvalue weighted by atomic mass is 16.6. The van der Waals surface area contributed by atoms with E-state index in [9.17, 15) is 14.4 Å². The quantitative estimate of drug-likeness (QED) is 0.384. The molecule has 0 spiro atoms. The second kappa shape index (κ2) is 8.58. The first-order valence-electron chi connectivity index (χ1n) is 10.7. The van der Waals surface area contributed by atoms with Crippen LogP contribution in [0.15, 0.2) is 18.3 Å². The largest absolute Gasteiger partial charge is 0.465 e. The molecule has 34 heavy (non-hydrogen) atoms. The van der Waals surface area contributed by atoms with Crippen molar-refractivity contribution in [2.45, 2.75) is 59.7 Å². The number of hydrogen-bond donors (Lipinski definition) is 0. The first-order chi connectivity index (χ1) is 15.6. The maximum Gasteiger partial charge on any atom is 0.425 e. The van der Waals surface area contributed by atoms with Gasteiger partial charge in [-0.15, -0.1) is 0 Å². The molecule has 2 aromatic heterocycles. The van der Waals surface area contributed by atoms with Crippen molar-refractivity contribution < 1.29 is 28.6 Å². The zero-order valence-corrected chi connectivity index (χ0v) is 21.0. The zero-order valence-electron chi connectivity index (χ0n) is 21.0. The summed E-state index contributed by atoms with van der Waals surface area (Å²) in [5, 5.41) is 5.32. The third-order valence-corrected chi connectivity index (χ3v) is 4.77. The van der Waals surface area contributed by atoms with Crippen molar-refractivity contribution in [1.29, 1.82) is 0 Å². The molecule has 0 aliphatic carbocycles. The van der Waals surface area contributed by atoms with Crippen LogP contribution in [0.2, 0.25) is 0 Å². The maximum absolute atomic E-state index is 13.2. The fourth-order valence-corrected chi connectivity index (χ4v) is 3.43. The Kier molecular flexibility index (Phi) is 6.30. The summed E-state index contributed by atoms with van der Waals surface area (Å²) in [5.41, 5.74) is 0.293. The number of methoxy groups -OCH3 is 1. The van der Waals surface area contributed by atoms with Gasteiger partial charge >= 0.3 is 18.2 Å². The first kappa shape index (κ1) is 24.9. The van der Waals surface area contributed by atoms with E-state index in [-0.39, 0.29) is 5.82 Å². The number of fused-ring (bicyclic) bond motifs is 3. The number of aryl methyl sites for hydroxylation is 2. The van der Waals surface area contributed by atoms with E-state index in [1.165, 1.54) is 13.3 Å². The summed E-state index contributed by atoms with van der Waals surface area (Å²) in [6, 6.07) is 3.36. The van der Waals surface area contributed by atoms with Crippen LogP contribution in [-0.2, 0) is 21.3 Å². The number of carbonyl (C=O) groups is 3. The van der Waals surface area contributed by atoms with Crippen LogP contribution in [0.1, 0.15) is 57.5 Å². The Bertz CT molecular complexity index is 1270. The predicted molar refractivity (Wildman–Crippen MR) is 127 cm³/mol. The maximum atomic E-state index is 13.2. The molecule has 0 unspecified atom stereocenters. The van der Waals surface area contributed by atoms with E-state index in [0.29, 0.717) is 32.9 Å². The first-order valence-corrected chi connectivity index (χ1v) is 10.7. The van der Waals surface area contributed by atoms with Crippen molar-refractivity contribution in [3.63, 3.8) is 0 Å². The summed E-state index contributed by atoms with van der Waals surface area (Å²) < 4.78 is 17.5. The average Bonchev–Trinajstić information content (AvgIpc) is 3.06. The molecule has 10 heteroatoms. The molecular formula is C24H30N4O6. The summed E-state index contributed by atoms with van der Waals surface area (Å²) >= 11 is 0. The lowest BCUT2D eigenvalue weighted by Gasteiger charge is -2.28. The summed E-state index contributed by atoms with van der Waals surface area (Å²) in [4.78, 5) is 44.1. The Hall–Kier alpha value is -3.69. The minimum Gasteiger partial charge on any atom is -0.465 e. The molecule has 0 radical (unpaired) electrons. The highest BCUT2D eigenvalue weighted by Crippen LogP contribution is 2.34. The van der Waals surface area contributed by atoms with Gasteiger partial charge in [0.2, 0.25) is 0 Å². The van der Waals surface area contributed by atoms with Crippen molar-refractivity contribution in [3.05, 3.63) is 29.5 Å². The molecule has 0 N–H and O–H groups in total. The number of rotatable bonds is 2. The number of carbonyl (C=O) groups excluding carboxylic acids is 3. The molecule has 2 amide bonds. The third-order valence-electron chi connectivity index (χ3n) is 4.77. The number of amides is 2. The van der Waals surface area contributed by atoms with E-state index in [2.05, 4.69) is 10.1 Å². The van der Waals surface area contributed by atoms with Crippen molar-refractivity contribution in [2.24, 2.45) is 7.05 Å². The SMILES string of the molecule is COC(=O)c1cc2c(cc1C)nc(N(C(=O)OC(C)(C)C)C(=O)OC(C)(C)C)c1cnn(C)c12. The van der Waals surface area contributed by atoms with Crippen LogP contribution in [0.5, 0.6) is 0 Å². The van der Waals surface area contributed by atoms with Gasteiger partial charge in [-0.05, 0) is 66.2 Å². The Morgan fingerprint density at radius 2 is 1.50 bits per heavy atom. The molecule has 0 saturated heterocycles. The normalized spacial score (nSPS) is 12.0. The number of imide groups is 1. The lowest BCUT2D eigenvalue weighted by atomic mass is 10.0. The van der Waals surface area contributed by atoms with E-state index in [4.69, 9.17) is 14.2 Å². The lowest BCUT2D eigenvalue weighted by Crippen LogP contribution is -2.44. The Balaban J connectivity index is 2.33. The number of benzene rings is 1. The standard InChI is InChI=1S/C24H30N4O6/c1-13-10-17-15(11-14(13)20(29)32-9)18-16(12-25-27(18)8)19(26-17)28(21(30)33-23(2,3)4)22(31)34-24(5,6)7/h10-12H,1-9H3. The van der Waals surface area contributed by atoms with Gasteiger partial charge in [-0.1, -0.05) is 0 Å². The molecule has 0 bridgehead atoms. The molecule has 1 aromatic carbocycles. The number of hydrogen-bond acceptors (Lipinski definition) is 8. The molecule has 10 nitrogen and oxygen atoms in total. The monoisotopic (exact) mass is 470 g/mol. The van der Waals surface area contributed by atoms with Gasteiger partial charge in [0.25, 0.3) is 0 Å². The number of esters is 1. The molecule has 0 fully saturated rings. The predicted octanol–water partition coefficient (Wildman–Crippen LogP) is 4.89. The third kappa shape index (κ3) is 4.95. The van der Waals surface area contributed by atoms with Crippen LogP contribution >= 0.6 is 0 Å². The van der Waals surface area contributed by atoms with Gasteiger partial charge in [-0.2, -0.15) is 10.00 Å². The number of aromatic nitrogens is 3. The average molecular weight is 471 g/mol. The second-order valence-corrected chi connectivity index (χ2v) is 9.94. The molecule has 2 heterocycles. The van der Waals surface area contributed by atoms with Crippen molar-refractivity contribution in [3.8, 4) is 0 Å². The molecule has 0 aliphatic rings. The zero-order chi connectivity index (χ0) is 25.6. The summed E-state index contributed by atoms with van der Waals surface area (Å²) in [6.45, 7) is 11.9. The van der Waals surface area contributed by atoms with Crippen LogP contribution in [-0.4, -0.2) is 51.2 Å². The highest BCUT2D eigenvalue weighted by molar-refractivity contribution is 6.18. The Morgan fingerprint density at radius 1 is 0.941 bits per heavy atom. The fraction of sp³-hybridized carbons (Fsp3) is 0.458. The van der Waals surface area contributed by atoms with Gasteiger partial charge in [-0.3, -0.25) is 4.68 Å². The summed E-state index contributed by atoms with van der Waals surface area (Å²) in [5.74, 6) is -0.466. The number of pyridine rings is 1.